The molecule has 2 aromatic carbocycles. The van der Waals surface area contributed by atoms with Gasteiger partial charge < -0.3 is 15.5 Å². The van der Waals surface area contributed by atoms with Crippen LogP contribution in [-0.4, -0.2) is 22.8 Å². The Kier molecular flexibility index (Phi) is 12.6. The third-order valence-corrected chi connectivity index (χ3v) is 6.15. The van der Waals surface area contributed by atoms with Crippen LogP contribution in [0.25, 0.3) is 5.69 Å². The number of anilines is 1. The number of aromatic nitrogens is 2. The van der Waals surface area contributed by atoms with E-state index in [4.69, 9.17) is 11.0 Å². The van der Waals surface area contributed by atoms with Gasteiger partial charge in [-0.1, -0.05) is 20.8 Å². The average molecular weight is 574 g/mol. The summed E-state index contributed by atoms with van der Waals surface area (Å²) in [5.41, 5.74) is 6.40. The first kappa shape index (κ1) is 34.2. The van der Waals surface area contributed by atoms with Gasteiger partial charge in [-0.15, -0.1) is 5.11 Å². The Morgan fingerprint density at radius 2 is 1.74 bits per heavy atom. The molecule has 0 atom stereocenters. The van der Waals surface area contributed by atoms with Crippen LogP contribution >= 0.6 is 12.0 Å². The minimum absolute atomic E-state index is 0. The molecule has 0 aliphatic heterocycles. The molecule has 186 valence electrons. The van der Waals surface area contributed by atoms with E-state index >= 15 is 0 Å². The van der Waals surface area contributed by atoms with E-state index in [9.17, 15) is 23.5 Å². The molecule has 1 aromatic heterocycles. The molecule has 3 rings (SSSR count). The van der Waals surface area contributed by atoms with Crippen LogP contribution in [0.3, 0.4) is 0 Å². The van der Waals surface area contributed by atoms with Crippen molar-refractivity contribution in [2.45, 2.75) is 36.0 Å². The predicted octanol–water partition coefficient (Wildman–Crippen LogP) is -2.95. The summed E-state index contributed by atoms with van der Waals surface area (Å²) in [6.07, 6.45) is 0. The van der Waals surface area contributed by atoms with E-state index < -0.39 is 20.4 Å². The van der Waals surface area contributed by atoms with Gasteiger partial charge in [-0.2, -0.15) is 25.1 Å². The van der Waals surface area contributed by atoms with Gasteiger partial charge >= 0.3 is 59.1 Å². The normalized spacial score (nSPS) is 11.3. The molecule has 1 heterocycles. The van der Waals surface area contributed by atoms with Crippen LogP contribution in [0.1, 0.15) is 37.6 Å². The summed E-state index contributed by atoms with van der Waals surface area (Å²) in [7, 11) is -4.96. The quantitative estimate of drug-likeness (QED) is 0.0753. The monoisotopic (exact) mass is 573 g/mol. The molecule has 0 fully saturated rings. The van der Waals surface area contributed by atoms with Crippen molar-refractivity contribution in [1.82, 2.24) is 9.78 Å². The number of nitrogens with two attached hydrogens (primary N) is 1. The van der Waals surface area contributed by atoms with Crippen LogP contribution in [-0.2, 0) is 24.9 Å². The minimum atomic E-state index is -4.96. The maximum absolute atomic E-state index is 11.9. The summed E-state index contributed by atoms with van der Waals surface area (Å²) < 4.78 is 41.1. The van der Waals surface area contributed by atoms with Gasteiger partial charge in [0.15, 0.2) is 11.5 Å². The first-order valence-electron chi connectivity index (χ1n) is 9.89. The SMILES string of the molecule is CC(C)(C)c1nn(-c2cc(SOO[O-])ccc2S(=O)(=O)[O-])c(N)c1N=Nc1ccc(C#N)c(C#N)c1.[Na+].[Na+]. The second-order valence-electron chi connectivity index (χ2n) is 8.20. The molecule has 17 heteroatoms. The Hall–Kier alpha value is -1.83. The largest absolute Gasteiger partial charge is 1.00 e. The molecule has 0 unspecified atom stereocenters. The molecule has 0 saturated heterocycles. The summed E-state index contributed by atoms with van der Waals surface area (Å²) in [6, 6.07) is 11.6. The van der Waals surface area contributed by atoms with Crippen molar-refractivity contribution < 1.29 is 86.7 Å². The zero-order valence-corrected chi connectivity index (χ0v) is 26.6. The van der Waals surface area contributed by atoms with Gasteiger partial charge in [-0.25, -0.2) is 13.1 Å². The molecule has 0 amide bonds. The molecule has 0 aliphatic carbocycles. The number of nitrogens with zero attached hydrogens (tertiary/aromatic N) is 6. The third-order valence-electron chi connectivity index (χ3n) is 4.70. The fourth-order valence-corrected chi connectivity index (χ4v) is 4.11. The number of nitriles is 2. The molecule has 0 bridgehead atoms. The number of hydrogen-bond acceptors (Lipinski definition) is 13. The van der Waals surface area contributed by atoms with Crippen molar-refractivity contribution in [3.05, 3.63) is 53.2 Å². The zero-order chi connectivity index (χ0) is 26.7. The maximum Gasteiger partial charge on any atom is 1.00 e. The molecule has 13 nitrogen and oxygen atoms in total. The average Bonchev–Trinajstić information content (AvgIpc) is 3.16. The van der Waals surface area contributed by atoms with E-state index in [1.165, 1.54) is 30.3 Å². The molecule has 38 heavy (non-hydrogen) atoms. The molecular formula is C21H17N7Na2O6S2. The Labute approximate surface area is 267 Å². The van der Waals surface area contributed by atoms with Gasteiger partial charge in [0.25, 0.3) is 0 Å². The van der Waals surface area contributed by atoms with E-state index in [0.29, 0.717) is 17.7 Å². The van der Waals surface area contributed by atoms with Gasteiger partial charge in [-0.3, -0.25) is 5.04 Å². The maximum atomic E-state index is 11.9. The van der Waals surface area contributed by atoms with Crippen molar-refractivity contribution in [3.8, 4) is 17.8 Å². The first-order chi connectivity index (χ1) is 16.9. The topological polar surface area (TPSA) is 215 Å². The van der Waals surface area contributed by atoms with E-state index in [1.54, 1.807) is 0 Å². The predicted molar refractivity (Wildman–Crippen MR) is 123 cm³/mol. The van der Waals surface area contributed by atoms with E-state index in [-0.39, 0.29) is 98.0 Å². The minimum Gasteiger partial charge on any atom is -0.744 e. The van der Waals surface area contributed by atoms with Crippen molar-refractivity contribution in [3.63, 3.8) is 0 Å². The van der Waals surface area contributed by atoms with E-state index in [1.807, 2.05) is 32.9 Å². The number of rotatable bonds is 7. The van der Waals surface area contributed by atoms with Gasteiger partial charge in [-0.05, 0) is 36.4 Å². The third kappa shape index (κ3) is 7.86. The van der Waals surface area contributed by atoms with Crippen LogP contribution in [0.15, 0.2) is 56.4 Å². The Bertz CT molecular complexity index is 1540. The van der Waals surface area contributed by atoms with Crippen LogP contribution in [0.2, 0.25) is 0 Å². The second kappa shape index (κ2) is 14.0. The smallest absolute Gasteiger partial charge is 0.744 e. The van der Waals surface area contributed by atoms with Crippen LogP contribution < -0.4 is 70.1 Å². The van der Waals surface area contributed by atoms with Crippen molar-refractivity contribution >= 4 is 39.4 Å². The van der Waals surface area contributed by atoms with Crippen molar-refractivity contribution in [2.24, 2.45) is 10.2 Å². The fraction of sp³-hybridized carbons (Fsp3) is 0.190. The van der Waals surface area contributed by atoms with E-state index in [2.05, 4.69) is 24.7 Å². The summed E-state index contributed by atoms with van der Waals surface area (Å²) in [4.78, 5) is -0.413. The zero-order valence-electron chi connectivity index (χ0n) is 21.0. The van der Waals surface area contributed by atoms with Crippen LogP contribution in [0.4, 0.5) is 17.2 Å². The van der Waals surface area contributed by atoms with Crippen LogP contribution in [0.5, 0.6) is 0 Å². The molecular weight excluding hydrogens is 556 g/mol. The Morgan fingerprint density at radius 1 is 1.08 bits per heavy atom. The molecule has 0 spiro atoms. The molecule has 0 radical (unpaired) electrons. The molecule has 0 aliphatic rings. The molecule has 0 saturated carbocycles. The van der Waals surface area contributed by atoms with Crippen molar-refractivity contribution in [2.75, 3.05) is 5.73 Å². The Balaban J connectivity index is 0.00000361. The number of azo groups is 1. The van der Waals surface area contributed by atoms with Gasteiger partial charge in [0.05, 0.1) is 45.1 Å². The van der Waals surface area contributed by atoms with E-state index in [0.717, 1.165) is 10.7 Å². The van der Waals surface area contributed by atoms with Gasteiger partial charge in [0, 0.05) is 10.3 Å². The molecule has 3 aromatic rings. The summed E-state index contributed by atoms with van der Waals surface area (Å²) in [5, 5.41) is 44.5. The molecule has 2 N–H and O–H groups in total. The van der Waals surface area contributed by atoms with Gasteiger partial charge in [0.2, 0.25) is 0 Å². The fourth-order valence-electron chi connectivity index (χ4n) is 3.08. The number of nitrogen functional groups attached to an aromatic ring is 1. The van der Waals surface area contributed by atoms with Crippen LogP contribution in [0, 0.1) is 22.7 Å². The summed E-state index contributed by atoms with van der Waals surface area (Å²) >= 11 is 0.480. The Morgan fingerprint density at radius 3 is 2.29 bits per heavy atom. The van der Waals surface area contributed by atoms with Gasteiger partial charge in [0.1, 0.15) is 22.3 Å². The first-order valence-corrected chi connectivity index (χ1v) is 12.0. The summed E-state index contributed by atoms with van der Waals surface area (Å²) in [6.45, 7) is 5.43. The van der Waals surface area contributed by atoms with Crippen molar-refractivity contribution in [1.29, 1.82) is 10.5 Å². The second-order valence-corrected chi connectivity index (χ2v) is 10.3. The summed E-state index contributed by atoms with van der Waals surface area (Å²) in [5.74, 6) is -0.133. The standard InChI is InChI=1S/C21H19N7O6S2.2Na/c1-21(2,3)19-18(26-25-14-5-4-12(10-22)13(8-14)11-23)20(24)28(27-19)16-9-15(35-34-33-29)6-7-17(16)36(30,31)32;;/h4-9,29H,24H2,1-3H3,(H,30,31,32);;/q;2*+1/p-2. The number of hydrogen-bond donors (Lipinski definition) is 1. The number of benzene rings is 2.